The molecule has 0 aliphatic carbocycles. The van der Waals surface area contributed by atoms with Crippen LogP contribution in [0.25, 0.3) is 0 Å². The van der Waals surface area contributed by atoms with Crippen molar-refractivity contribution in [2.75, 3.05) is 0 Å². The Morgan fingerprint density at radius 2 is 2.18 bits per heavy atom. The standard InChI is InChI=1S/C10H16O/c1-3-5-7-9-10(11)8-6-4-2/h4,7,9H,2-3,5-6,8H2,1H3. The molecule has 0 saturated heterocycles. The van der Waals surface area contributed by atoms with E-state index in [1.54, 1.807) is 12.2 Å². The molecule has 1 nitrogen and oxygen atoms in total. The van der Waals surface area contributed by atoms with Gasteiger partial charge in [-0.05, 0) is 18.9 Å². The molecule has 0 saturated carbocycles. The molecule has 0 heterocycles. The third kappa shape index (κ3) is 7.04. The normalized spacial score (nSPS) is 10.3. The fraction of sp³-hybridized carbons (Fsp3) is 0.500. The highest BCUT2D eigenvalue weighted by Gasteiger charge is 1.91. The SMILES string of the molecule is C=CCCC(=O)C=CCCC. The van der Waals surface area contributed by atoms with Gasteiger partial charge in [0.1, 0.15) is 0 Å². The van der Waals surface area contributed by atoms with E-state index in [4.69, 9.17) is 0 Å². The average Bonchev–Trinajstić information content (AvgIpc) is 2.01. The summed E-state index contributed by atoms with van der Waals surface area (Å²) < 4.78 is 0. The van der Waals surface area contributed by atoms with E-state index >= 15 is 0 Å². The summed E-state index contributed by atoms with van der Waals surface area (Å²) >= 11 is 0. The minimum Gasteiger partial charge on any atom is -0.295 e. The molecule has 0 aromatic rings. The Morgan fingerprint density at radius 1 is 1.45 bits per heavy atom. The first-order valence-electron chi connectivity index (χ1n) is 4.11. The van der Waals surface area contributed by atoms with Crippen LogP contribution in [0.4, 0.5) is 0 Å². The second kappa shape index (κ2) is 7.26. The van der Waals surface area contributed by atoms with Crippen molar-refractivity contribution in [1.29, 1.82) is 0 Å². The van der Waals surface area contributed by atoms with Gasteiger partial charge in [0.2, 0.25) is 0 Å². The van der Waals surface area contributed by atoms with Gasteiger partial charge in [-0.15, -0.1) is 6.58 Å². The van der Waals surface area contributed by atoms with Gasteiger partial charge >= 0.3 is 0 Å². The van der Waals surface area contributed by atoms with E-state index in [9.17, 15) is 4.79 Å². The molecule has 0 unspecified atom stereocenters. The highest BCUT2D eigenvalue weighted by atomic mass is 16.1. The second-order valence-electron chi connectivity index (χ2n) is 2.48. The molecule has 0 amide bonds. The van der Waals surface area contributed by atoms with Crippen molar-refractivity contribution < 1.29 is 4.79 Å². The van der Waals surface area contributed by atoms with Gasteiger partial charge in [-0.3, -0.25) is 4.79 Å². The third-order valence-electron chi connectivity index (χ3n) is 1.35. The second-order valence-corrected chi connectivity index (χ2v) is 2.48. The Bertz CT molecular complexity index is 145. The number of allylic oxidation sites excluding steroid dienone is 3. The highest BCUT2D eigenvalue weighted by Crippen LogP contribution is 1.95. The maximum absolute atomic E-state index is 10.9. The number of unbranched alkanes of at least 4 members (excludes halogenated alkanes) is 1. The molecular formula is C10H16O. The Labute approximate surface area is 68.8 Å². The van der Waals surface area contributed by atoms with Crippen molar-refractivity contribution in [2.24, 2.45) is 0 Å². The lowest BCUT2D eigenvalue weighted by Crippen LogP contribution is -1.89. The van der Waals surface area contributed by atoms with E-state index in [1.807, 2.05) is 6.08 Å². The zero-order chi connectivity index (χ0) is 8.53. The first-order chi connectivity index (χ1) is 5.31. The van der Waals surface area contributed by atoms with Crippen LogP contribution in [0.5, 0.6) is 0 Å². The van der Waals surface area contributed by atoms with Crippen LogP contribution < -0.4 is 0 Å². The van der Waals surface area contributed by atoms with Gasteiger partial charge in [0.05, 0.1) is 0 Å². The van der Waals surface area contributed by atoms with Crippen LogP contribution in [0, 0.1) is 0 Å². The molecule has 1 heteroatoms. The first kappa shape index (κ1) is 10.2. The highest BCUT2D eigenvalue weighted by molar-refractivity contribution is 5.89. The van der Waals surface area contributed by atoms with E-state index in [0.29, 0.717) is 6.42 Å². The molecule has 0 rings (SSSR count). The predicted octanol–water partition coefficient (Wildman–Crippen LogP) is 2.88. The molecule has 0 bridgehead atoms. The van der Waals surface area contributed by atoms with Crippen molar-refractivity contribution in [3.63, 3.8) is 0 Å². The monoisotopic (exact) mass is 152 g/mol. The Hall–Kier alpha value is -0.850. The van der Waals surface area contributed by atoms with Crippen molar-refractivity contribution in [2.45, 2.75) is 32.6 Å². The molecule has 11 heavy (non-hydrogen) atoms. The van der Waals surface area contributed by atoms with Crippen molar-refractivity contribution >= 4 is 5.78 Å². The lowest BCUT2D eigenvalue weighted by Gasteiger charge is -1.88. The quantitative estimate of drug-likeness (QED) is 0.422. The van der Waals surface area contributed by atoms with Gasteiger partial charge in [0.25, 0.3) is 0 Å². The molecule has 0 radical (unpaired) electrons. The van der Waals surface area contributed by atoms with Crippen LogP contribution in [0.1, 0.15) is 32.6 Å². The summed E-state index contributed by atoms with van der Waals surface area (Å²) in [5.74, 6) is 0.207. The maximum Gasteiger partial charge on any atom is 0.155 e. The summed E-state index contributed by atoms with van der Waals surface area (Å²) in [5.41, 5.74) is 0. The van der Waals surface area contributed by atoms with Crippen molar-refractivity contribution in [1.82, 2.24) is 0 Å². The lowest BCUT2D eigenvalue weighted by atomic mass is 10.2. The zero-order valence-corrected chi connectivity index (χ0v) is 7.18. The summed E-state index contributed by atoms with van der Waals surface area (Å²) in [6.07, 6.45) is 8.87. The Balaban J connectivity index is 3.42. The van der Waals surface area contributed by atoms with E-state index in [0.717, 1.165) is 19.3 Å². The average molecular weight is 152 g/mol. The van der Waals surface area contributed by atoms with Gasteiger partial charge in [0, 0.05) is 6.42 Å². The smallest absolute Gasteiger partial charge is 0.155 e. The fourth-order valence-electron chi connectivity index (χ4n) is 0.709. The summed E-state index contributed by atoms with van der Waals surface area (Å²) in [6.45, 7) is 5.65. The maximum atomic E-state index is 10.9. The van der Waals surface area contributed by atoms with E-state index < -0.39 is 0 Å². The number of carbonyl (C=O) groups excluding carboxylic acids is 1. The van der Waals surface area contributed by atoms with Gasteiger partial charge in [-0.1, -0.05) is 25.5 Å². The topological polar surface area (TPSA) is 17.1 Å². The largest absolute Gasteiger partial charge is 0.295 e. The minimum absolute atomic E-state index is 0.207. The van der Waals surface area contributed by atoms with Crippen molar-refractivity contribution in [3.05, 3.63) is 24.8 Å². The van der Waals surface area contributed by atoms with Gasteiger partial charge in [-0.25, -0.2) is 0 Å². The van der Waals surface area contributed by atoms with Crippen LogP contribution in [0.2, 0.25) is 0 Å². The fourth-order valence-corrected chi connectivity index (χ4v) is 0.709. The zero-order valence-electron chi connectivity index (χ0n) is 7.18. The van der Waals surface area contributed by atoms with Gasteiger partial charge < -0.3 is 0 Å². The molecule has 62 valence electrons. The summed E-state index contributed by atoms with van der Waals surface area (Å²) in [6, 6.07) is 0. The van der Waals surface area contributed by atoms with Crippen LogP contribution in [0.3, 0.4) is 0 Å². The number of carbonyl (C=O) groups is 1. The summed E-state index contributed by atoms with van der Waals surface area (Å²) in [5, 5.41) is 0. The molecule has 0 aromatic carbocycles. The van der Waals surface area contributed by atoms with E-state index in [1.165, 1.54) is 0 Å². The van der Waals surface area contributed by atoms with Crippen LogP contribution in [0.15, 0.2) is 24.8 Å². The van der Waals surface area contributed by atoms with E-state index in [-0.39, 0.29) is 5.78 Å². The van der Waals surface area contributed by atoms with Crippen LogP contribution in [-0.2, 0) is 4.79 Å². The Morgan fingerprint density at radius 3 is 2.73 bits per heavy atom. The molecule has 0 fully saturated rings. The molecule has 0 spiro atoms. The van der Waals surface area contributed by atoms with Crippen LogP contribution >= 0.6 is 0 Å². The molecular weight excluding hydrogens is 136 g/mol. The lowest BCUT2D eigenvalue weighted by molar-refractivity contribution is -0.114. The third-order valence-corrected chi connectivity index (χ3v) is 1.35. The molecule has 0 aliphatic rings. The summed E-state index contributed by atoms with van der Waals surface area (Å²) in [4.78, 5) is 10.9. The number of hydrogen-bond donors (Lipinski definition) is 0. The first-order valence-corrected chi connectivity index (χ1v) is 4.11. The Kier molecular flexibility index (Phi) is 6.70. The molecule has 0 aliphatic heterocycles. The van der Waals surface area contributed by atoms with Gasteiger partial charge in [0.15, 0.2) is 5.78 Å². The van der Waals surface area contributed by atoms with Crippen LogP contribution in [-0.4, -0.2) is 5.78 Å². The molecule has 0 N–H and O–H groups in total. The van der Waals surface area contributed by atoms with Gasteiger partial charge in [-0.2, -0.15) is 0 Å². The minimum atomic E-state index is 0.207. The number of hydrogen-bond acceptors (Lipinski definition) is 1. The van der Waals surface area contributed by atoms with E-state index in [2.05, 4.69) is 13.5 Å². The predicted molar refractivity (Wildman–Crippen MR) is 48.5 cm³/mol. The molecule has 0 atom stereocenters. The van der Waals surface area contributed by atoms with Crippen molar-refractivity contribution in [3.8, 4) is 0 Å². The number of ketones is 1. The summed E-state index contributed by atoms with van der Waals surface area (Å²) in [7, 11) is 0. The molecule has 0 aromatic heterocycles. The number of rotatable bonds is 6.